The van der Waals surface area contributed by atoms with Crippen molar-refractivity contribution in [3.05, 3.63) is 35.7 Å². The molecule has 1 fully saturated rings. The normalized spacial score (nSPS) is 18.9. The standard InChI is InChI=1S/C20H26N4O2S/c1-2-6-18-21-22-20(24(18)13-16-8-5-12-26-16)27-14-19(25)23-11-10-15-7-3-4-9-17(15)23/h3-4,7,9,16H,2,5-6,8,10-14H2,1H3/t16-/m0/s1. The van der Waals surface area contributed by atoms with Crippen LogP contribution in [0.2, 0.25) is 0 Å². The molecule has 2 aromatic rings. The van der Waals surface area contributed by atoms with Gasteiger partial charge in [-0.1, -0.05) is 36.9 Å². The number of fused-ring (bicyclic) bond motifs is 1. The predicted octanol–water partition coefficient (Wildman–Crippen LogP) is 3.09. The number of thioether (sulfide) groups is 1. The number of carbonyl (C=O) groups is 1. The lowest BCUT2D eigenvalue weighted by atomic mass is 10.2. The van der Waals surface area contributed by atoms with Crippen LogP contribution in [0.25, 0.3) is 0 Å². The van der Waals surface area contributed by atoms with E-state index in [9.17, 15) is 4.79 Å². The zero-order valence-electron chi connectivity index (χ0n) is 15.8. The smallest absolute Gasteiger partial charge is 0.237 e. The Hall–Kier alpha value is -1.86. The van der Waals surface area contributed by atoms with E-state index in [1.165, 1.54) is 17.3 Å². The number of aryl methyl sites for hydroxylation is 1. The molecule has 0 spiro atoms. The fraction of sp³-hybridized carbons (Fsp3) is 0.550. The number of nitrogens with zero attached hydrogens (tertiary/aromatic N) is 4. The van der Waals surface area contributed by atoms with Gasteiger partial charge in [0.1, 0.15) is 5.82 Å². The number of hydrogen-bond acceptors (Lipinski definition) is 5. The van der Waals surface area contributed by atoms with Crippen molar-refractivity contribution in [3.8, 4) is 0 Å². The van der Waals surface area contributed by atoms with E-state index in [0.29, 0.717) is 5.75 Å². The number of aromatic nitrogens is 3. The Morgan fingerprint density at radius 1 is 1.33 bits per heavy atom. The quantitative estimate of drug-likeness (QED) is 0.685. The maximum atomic E-state index is 12.8. The SMILES string of the molecule is CCCc1nnc(SCC(=O)N2CCc3ccccc32)n1C[C@@H]1CCCO1. The van der Waals surface area contributed by atoms with Crippen LogP contribution < -0.4 is 4.90 Å². The highest BCUT2D eigenvalue weighted by atomic mass is 32.2. The van der Waals surface area contributed by atoms with Crippen LogP contribution in [0.1, 0.15) is 37.6 Å². The van der Waals surface area contributed by atoms with Gasteiger partial charge < -0.3 is 14.2 Å². The highest BCUT2D eigenvalue weighted by molar-refractivity contribution is 7.99. The van der Waals surface area contributed by atoms with Crippen LogP contribution in [0.15, 0.2) is 29.4 Å². The Labute approximate surface area is 164 Å². The van der Waals surface area contributed by atoms with E-state index >= 15 is 0 Å². The van der Waals surface area contributed by atoms with Crippen LogP contribution in [-0.4, -0.2) is 45.7 Å². The van der Waals surface area contributed by atoms with Gasteiger partial charge in [-0.25, -0.2) is 0 Å². The Morgan fingerprint density at radius 3 is 3.04 bits per heavy atom. The van der Waals surface area contributed by atoms with Gasteiger partial charge >= 0.3 is 0 Å². The van der Waals surface area contributed by atoms with E-state index < -0.39 is 0 Å². The number of para-hydroxylation sites is 1. The van der Waals surface area contributed by atoms with Crippen molar-refractivity contribution in [3.63, 3.8) is 0 Å². The average molecular weight is 387 g/mol. The highest BCUT2D eigenvalue weighted by Gasteiger charge is 2.25. The number of hydrogen-bond donors (Lipinski definition) is 0. The van der Waals surface area contributed by atoms with E-state index in [1.807, 2.05) is 23.1 Å². The molecule has 3 heterocycles. The second-order valence-electron chi connectivity index (χ2n) is 7.11. The third kappa shape index (κ3) is 4.04. The van der Waals surface area contributed by atoms with Gasteiger partial charge in [0.05, 0.1) is 18.4 Å². The first kappa shape index (κ1) is 18.5. The van der Waals surface area contributed by atoms with Crippen molar-refractivity contribution in [2.75, 3.05) is 23.8 Å². The molecule has 0 saturated carbocycles. The van der Waals surface area contributed by atoms with Crippen molar-refractivity contribution < 1.29 is 9.53 Å². The molecule has 0 aliphatic carbocycles. The molecule has 0 bridgehead atoms. The van der Waals surface area contributed by atoms with Gasteiger partial charge in [0.25, 0.3) is 0 Å². The number of carbonyl (C=O) groups excluding carboxylic acids is 1. The molecule has 2 aliphatic heterocycles. The molecule has 0 N–H and O–H groups in total. The average Bonchev–Trinajstić information content (AvgIpc) is 3.42. The Kier molecular flexibility index (Phi) is 5.78. The maximum absolute atomic E-state index is 12.8. The van der Waals surface area contributed by atoms with Crippen LogP contribution in [0.4, 0.5) is 5.69 Å². The summed E-state index contributed by atoms with van der Waals surface area (Å²) in [5, 5.41) is 9.57. The van der Waals surface area contributed by atoms with Crippen molar-refractivity contribution in [2.45, 2.75) is 56.8 Å². The second-order valence-corrected chi connectivity index (χ2v) is 8.05. The summed E-state index contributed by atoms with van der Waals surface area (Å²) < 4.78 is 7.96. The van der Waals surface area contributed by atoms with Gasteiger partial charge in [0.15, 0.2) is 5.16 Å². The lowest BCUT2D eigenvalue weighted by molar-refractivity contribution is -0.116. The van der Waals surface area contributed by atoms with E-state index in [1.54, 1.807) is 0 Å². The lowest BCUT2D eigenvalue weighted by Crippen LogP contribution is -2.30. The molecule has 1 aromatic heterocycles. The van der Waals surface area contributed by atoms with E-state index in [2.05, 4.69) is 27.8 Å². The summed E-state index contributed by atoms with van der Waals surface area (Å²) in [6.45, 7) is 4.53. The Morgan fingerprint density at radius 2 is 2.22 bits per heavy atom. The molecular formula is C20H26N4O2S. The van der Waals surface area contributed by atoms with E-state index in [4.69, 9.17) is 4.74 Å². The first-order chi connectivity index (χ1) is 13.3. The summed E-state index contributed by atoms with van der Waals surface area (Å²) in [6.07, 6.45) is 5.29. The van der Waals surface area contributed by atoms with Gasteiger partial charge in [-0.3, -0.25) is 4.79 Å². The summed E-state index contributed by atoms with van der Waals surface area (Å²) in [4.78, 5) is 14.7. The number of anilines is 1. The molecule has 0 radical (unpaired) electrons. The molecule has 1 aromatic carbocycles. The molecule has 2 aliphatic rings. The first-order valence-electron chi connectivity index (χ1n) is 9.81. The minimum atomic E-state index is 0.133. The Bertz CT molecular complexity index is 801. The summed E-state index contributed by atoms with van der Waals surface area (Å²) in [7, 11) is 0. The molecular weight excluding hydrogens is 360 g/mol. The Balaban J connectivity index is 1.44. The van der Waals surface area contributed by atoms with Crippen LogP contribution in [0.5, 0.6) is 0 Å². The summed E-state index contributed by atoms with van der Waals surface area (Å²) in [5.41, 5.74) is 2.30. The van der Waals surface area contributed by atoms with Gasteiger partial charge in [0.2, 0.25) is 5.91 Å². The molecule has 0 unspecified atom stereocenters. The zero-order valence-corrected chi connectivity index (χ0v) is 16.6. The maximum Gasteiger partial charge on any atom is 0.237 e. The molecule has 1 atom stereocenters. The van der Waals surface area contributed by atoms with Gasteiger partial charge in [-0.15, -0.1) is 10.2 Å². The number of rotatable bonds is 7. The zero-order chi connectivity index (χ0) is 18.6. The van der Waals surface area contributed by atoms with Crippen LogP contribution >= 0.6 is 11.8 Å². The topological polar surface area (TPSA) is 60.2 Å². The van der Waals surface area contributed by atoms with Crippen molar-refractivity contribution in [1.82, 2.24) is 14.8 Å². The molecule has 144 valence electrons. The van der Waals surface area contributed by atoms with E-state index in [-0.39, 0.29) is 12.0 Å². The lowest BCUT2D eigenvalue weighted by Gasteiger charge is -2.17. The largest absolute Gasteiger partial charge is 0.376 e. The number of amides is 1. The van der Waals surface area contributed by atoms with Gasteiger partial charge in [-0.05, 0) is 37.3 Å². The summed E-state index contributed by atoms with van der Waals surface area (Å²) in [5.74, 6) is 1.51. The van der Waals surface area contributed by atoms with Gasteiger partial charge in [-0.2, -0.15) is 0 Å². The molecule has 1 amide bonds. The second kappa shape index (κ2) is 8.44. The number of ether oxygens (including phenoxy) is 1. The third-order valence-electron chi connectivity index (χ3n) is 5.19. The fourth-order valence-corrected chi connectivity index (χ4v) is 4.65. The molecule has 27 heavy (non-hydrogen) atoms. The minimum Gasteiger partial charge on any atom is -0.376 e. The highest BCUT2D eigenvalue weighted by Crippen LogP contribution is 2.29. The van der Waals surface area contributed by atoms with Crippen molar-refractivity contribution in [1.29, 1.82) is 0 Å². The molecule has 6 nitrogen and oxygen atoms in total. The van der Waals surface area contributed by atoms with E-state index in [0.717, 1.165) is 68.5 Å². The monoisotopic (exact) mass is 386 g/mol. The third-order valence-corrected chi connectivity index (χ3v) is 6.14. The number of benzene rings is 1. The van der Waals surface area contributed by atoms with Crippen LogP contribution in [-0.2, 0) is 28.9 Å². The van der Waals surface area contributed by atoms with Gasteiger partial charge in [0, 0.05) is 25.3 Å². The van der Waals surface area contributed by atoms with Crippen LogP contribution in [0, 0.1) is 0 Å². The first-order valence-corrected chi connectivity index (χ1v) is 10.8. The van der Waals surface area contributed by atoms with Crippen molar-refractivity contribution in [2.24, 2.45) is 0 Å². The minimum absolute atomic E-state index is 0.133. The molecule has 7 heteroatoms. The summed E-state index contributed by atoms with van der Waals surface area (Å²) in [6, 6.07) is 8.16. The van der Waals surface area contributed by atoms with Crippen molar-refractivity contribution >= 4 is 23.4 Å². The molecule has 4 rings (SSSR count). The summed E-state index contributed by atoms with van der Waals surface area (Å²) >= 11 is 1.49. The predicted molar refractivity (Wildman–Crippen MR) is 106 cm³/mol. The fourth-order valence-electron chi connectivity index (χ4n) is 3.81. The molecule has 1 saturated heterocycles. The van der Waals surface area contributed by atoms with Crippen LogP contribution in [0.3, 0.4) is 0 Å².